The Morgan fingerprint density at radius 2 is 1.49 bits per heavy atom. The first kappa shape index (κ1) is 24.6. The molecule has 1 amide bonds. The highest BCUT2D eigenvalue weighted by molar-refractivity contribution is 7.89. The number of carbonyl (C=O) groups is 2. The molecule has 1 aliphatic heterocycles. The Hall–Kier alpha value is -3.49. The van der Waals surface area contributed by atoms with Gasteiger partial charge in [-0.1, -0.05) is 36.4 Å². The van der Waals surface area contributed by atoms with Crippen LogP contribution in [0.5, 0.6) is 0 Å². The summed E-state index contributed by atoms with van der Waals surface area (Å²) in [5, 5.41) is 3.39. The lowest BCUT2D eigenvalue weighted by Gasteiger charge is -2.34. The van der Waals surface area contributed by atoms with Crippen molar-refractivity contribution in [2.45, 2.75) is 25.7 Å². The highest BCUT2D eigenvalue weighted by Gasteiger charge is 2.31. The van der Waals surface area contributed by atoms with Crippen molar-refractivity contribution in [1.82, 2.24) is 9.21 Å². The van der Waals surface area contributed by atoms with Crippen LogP contribution in [0.4, 0.5) is 11.4 Å². The van der Waals surface area contributed by atoms with E-state index in [1.807, 2.05) is 50.2 Å². The number of benzene rings is 3. The van der Waals surface area contributed by atoms with Crippen molar-refractivity contribution < 1.29 is 18.0 Å². The molecule has 8 heteroatoms. The number of aryl methyl sites for hydroxylation is 1. The van der Waals surface area contributed by atoms with Crippen LogP contribution in [0.25, 0.3) is 0 Å². The van der Waals surface area contributed by atoms with E-state index in [1.165, 1.54) is 23.4 Å². The normalized spacial score (nSPS) is 14.5. The second-order valence-corrected chi connectivity index (χ2v) is 10.6. The second kappa shape index (κ2) is 10.0. The largest absolute Gasteiger partial charge is 0.355 e. The van der Waals surface area contributed by atoms with Crippen LogP contribution < -0.4 is 5.32 Å². The maximum Gasteiger partial charge on any atom is 0.256 e. The van der Waals surface area contributed by atoms with Crippen molar-refractivity contribution in [3.05, 3.63) is 89.0 Å². The van der Waals surface area contributed by atoms with Crippen molar-refractivity contribution >= 4 is 33.1 Å². The van der Waals surface area contributed by atoms with Crippen molar-refractivity contribution in [2.24, 2.45) is 0 Å². The molecule has 0 atom stereocenters. The second-order valence-electron chi connectivity index (χ2n) is 8.70. The highest BCUT2D eigenvalue weighted by atomic mass is 32.2. The van der Waals surface area contributed by atoms with Gasteiger partial charge in [0.1, 0.15) is 0 Å². The molecule has 3 aromatic carbocycles. The van der Waals surface area contributed by atoms with Gasteiger partial charge in [0.2, 0.25) is 10.0 Å². The van der Waals surface area contributed by atoms with Gasteiger partial charge in [-0.2, -0.15) is 4.31 Å². The fourth-order valence-corrected chi connectivity index (χ4v) is 5.61. The third kappa shape index (κ3) is 5.13. The molecule has 0 saturated carbocycles. The number of para-hydroxylation sites is 1. The van der Waals surface area contributed by atoms with Gasteiger partial charge in [0, 0.05) is 37.4 Å². The van der Waals surface area contributed by atoms with Crippen LogP contribution in [0.1, 0.15) is 38.8 Å². The van der Waals surface area contributed by atoms with Crippen molar-refractivity contribution in [2.75, 3.05) is 31.5 Å². The molecule has 0 radical (unpaired) electrons. The Morgan fingerprint density at radius 1 is 0.829 bits per heavy atom. The van der Waals surface area contributed by atoms with Gasteiger partial charge in [-0.05, 0) is 62.2 Å². The number of nitrogens with zero attached hydrogens (tertiary/aromatic N) is 2. The molecule has 7 nitrogen and oxygen atoms in total. The van der Waals surface area contributed by atoms with Gasteiger partial charge in [-0.3, -0.25) is 9.59 Å². The number of piperazine rings is 1. The zero-order chi connectivity index (χ0) is 25.2. The molecule has 182 valence electrons. The number of nitrogens with one attached hydrogen (secondary N) is 1. The Morgan fingerprint density at radius 3 is 2.20 bits per heavy atom. The molecule has 0 spiro atoms. The van der Waals surface area contributed by atoms with Crippen molar-refractivity contribution in [3.63, 3.8) is 0 Å². The third-order valence-electron chi connectivity index (χ3n) is 6.44. The molecule has 1 saturated heterocycles. The minimum Gasteiger partial charge on any atom is -0.355 e. The smallest absolute Gasteiger partial charge is 0.256 e. The zero-order valence-corrected chi connectivity index (χ0v) is 20.9. The molecule has 3 aromatic rings. The molecular weight excluding hydrogens is 462 g/mol. The number of rotatable bonds is 6. The minimum atomic E-state index is -3.76. The third-order valence-corrected chi connectivity index (χ3v) is 8.33. The van der Waals surface area contributed by atoms with Crippen LogP contribution in [0.3, 0.4) is 0 Å². The summed E-state index contributed by atoms with van der Waals surface area (Å²) in [6.07, 6.45) is 0. The fourth-order valence-electron chi connectivity index (χ4n) is 4.14. The van der Waals surface area contributed by atoms with Gasteiger partial charge in [0.05, 0.1) is 16.1 Å². The summed E-state index contributed by atoms with van der Waals surface area (Å²) in [5.41, 5.74) is 4.82. The Bertz CT molecular complexity index is 1380. The Kier molecular flexibility index (Phi) is 7.05. The van der Waals surface area contributed by atoms with Gasteiger partial charge in [-0.25, -0.2) is 8.42 Å². The predicted octanol–water partition coefficient (Wildman–Crippen LogP) is 4.40. The van der Waals surface area contributed by atoms with Crippen molar-refractivity contribution in [1.29, 1.82) is 0 Å². The molecule has 1 fully saturated rings. The van der Waals surface area contributed by atoms with Gasteiger partial charge in [0.25, 0.3) is 5.91 Å². The van der Waals surface area contributed by atoms with Gasteiger partial charge >= 0.3 is 0 Å². The summed E-state index contributed by atoms with van der Waals surface area (Å²) < 4.78 is 27.6. The van der Waals surface area contributed by atoms with Crippen molar-refractivity contribution in [3.8, 4) is 0 Å². The summed E-state index contributed by atoms with van der Waals surface area (Å²) in [5.74, 6) is -0.334. The monoisotopic (exact) mass is 491 g/mol. The number of hydrogen-bond donors (Lipinski definition) is 1. The quantitative estimate of drug-likeness (QED) is 0.517. The summed E-state index contributed by atoms with van der Waals surface area (Å²) >= 11 is 0. The first-order valence-corrected chi connectivity index (χ1v) is 12.9. The Balaban J connectivity index is 1.49. The average molecular weight is 492 g/mol. The molecular formula is C27H29N3O4S. The van der Waals surface area contributed by atoms with E-state index in [1.54, 1.807) is 23.1 Å². The maximum atomic E-state index is 13.4. The molecule has 0 aromatic heterocycles. The number of hydrogen-bond acceptors (Lipinski definition) is 5. The Labute approximate surface area is 206 Å². The van der Waals surface area contributed by atoms with E-state index in [9.17, 15) is 18.0 Å². The van der Waals surface area contributed by atoms with Crippen LogP contribution in [-0.2, 0) is 10.0 Å². The molecule has 4 rings (SSSR count). The lowest BCUT2D eigenvalue weighted by Crippen LogP contribution is -2.50. The fraction of sp³-hybridized carbons (Fsp3) is 0.259. The molecule has 1 N–H and O–H groups in total. The van der Waals surface area contributed by atoms with E-state index >= 15 is 0 Å². The highest BCUT2D eigenvalue weighted by Crippen LogP contribution is 2.27. The topological polar surface area (TPSA) is 86.8 Å². The van der Waals surface area contributed by atoms with E-state index in [4.69, 9.17) is 0 Å². The standard InChI is InChI=1S/C27H29N3O4S/c1-19-8-6-13-25(20(19)2)28-26-12-5-4-11-24(26)27(32)29-14-16-30(17-15-29)35(33,34)23-10-7-9-22(18-23)21(3)31/h4-13,18,28H,14-17H2,1-3H3. The SMILES string of the molecule is CC(=O)c1cccc(S(=O)(=O)N2CCN(C(=O)c3ccccc3Nc3cccc(C)c3C)CC2)c1. The van der Waals surface area contributed by atoms with E-state index in [0.29, 0.717) is 16.8 Å². The summed E-state index contributed by atoms with van der Waals surface area (Å²) in [6, 6.07) is 19.4. The number of Topliss-reactive ketones (excluding diaryl/α,β-unsaturated/α-hetero) is 1. The van der Waals surface area contributed by atoms with E-state index in [2.05, 4.69) is 5.32 Å². The van der Waals surface area contributed by atoms with Crippen LogP contribution in [0.2, 0.25) is 0 Å². The first-order valence-electron chi connectivity index (χ1n) is 11.5. The number of sulfonamides is 1. The van der Waals surface area contributed by atoms with E-state index < -0.39 is 10.0 Å². The number of carbonyl (C=O) groups excluding carboxylic acids is 2. The molecule has 0 unspecified atom stereocenters. The minimum absolute atomic E-state index is 0.0908. The van der Waals surface area contributed by atoms with Gasteiger partial charge < -0.3 is 10.2 Å². The van der Waals surface area contributed by atoms with Crippen LogP contribution in [0.15, 0.2) is 71.6 Å². The molecule has 1 heterocycles. The summed E-state index contributed by atoms with van der Waals surface area (Å²) in [7, 11) is -3.76. The number of amides is 1. The molecule has 0 aliphatic carbocycles. The zero-order valence-electron chi connectivity index (χ0n) is 20.1. The lowest BCUT2D eigenvalue weighted by molar-refractivity contribution is 0.0698. The molecule has 1 aliphatic rings. The van der Waals surface area contributed by atoms with Gasteiger partial charge in [0.15, 0.2) is 5.78 Å². The number of anilines is 2. The first-order chi connectivity index (χ1) is 16.7. The lowest BCUT2D eigenvalue weighted by atomic mass is 10.1. The number of ketones is 1. The molecule has 0 bridgehead atoms. The van der Waals surface area contributed by atoms with Crippen LogP contribution in [0, 0.1) is 13.8 Å². The van der Waals surface area contributed by atoms with Crippen LogP contribution in [-0.4, -0.2) is 55.5 Å². The van der Waals surface area contributed by atoms with E-state index in [-0.39, 0.29) is 42.8 Å². The summed E-state index contributed by atoms with van der Waals surface area (Å²) in [4.78, 5) is 26.8. The van der Waals surface area contributed by atoms with Gasteiger partial charge in [-0.15, -0.1) is 0 Å². The summed E-state index contributed by atoms with van der Waals surface area (Å²) in [6.45, 7) is 6.42. The predicted molar refractivity (Wildman–Crippen MR) is 137 cm³/mol. The van der Waals surface area contributed by atoms with E-state index in [0.717, 1.165) is 16.8 Å². The molecule has 35 heavy (non-hydrogen) atoms. The average Bonchev–Trinajstić information content (AvgIpc) is 2.87. The van der Waals surface area contributed by atoms with Crippen LogP contribution >= 0.6 is 0 Å². The maximum absolute atomic E-state index is 13.4.